The van der Waals surface area contributed by atoms with Gasteiger partial charge in [-0.1, -0.05) is 18.2 Å². The van der Waals surface area contributed by atoms with Crippen LogP contribution in [0.25, 0.3) is 0 Å². The zero-order valence-electron chi connectivity index (χ0n) is 10.6. The summed E-state index contributed by atoms with van der Waals surface area (Å²) in [6.45, 7) is 0. The Morgan fingerprint density at radius 3 is 2.15 bits per heavy atom. The van der Waals surface area contributed by atoms with Crippen molar-refractivity contribution in [2.75, 3.05) is 12.8 Å². The van der Waals surface area contributed by atoms with Gasteiger partial charge in [-0.2, -0.15) is 13.2 Å². The van der Waals surface area contributed by atoms with Crippen LogP contribution in [0.2, 0.25) is 0 Å². The number of rotatable bonds is 3. The van der Waals surface area contributed by atoms with E-state index in [-0.39, 0.29) is 17.2 Å². The van der Waals surface area contributed by atoms with Crippen molar-refractivity contribution in [3.05, 3.63) is 48.0 Å². The highest BCUT2D eigenvalue weighted by Crippen LogP contribution is 2.40. The van der Waals surface area contributed by atoms with Crippen LogP contribution in [-0.4, -0.2) is 7.11 Å². The molecular formula is C14H12F3NO2. The van der Waals surface area contributed by atoms with Gasteiger partial charge < -0.3 is 15.2 Å². The number of methoxy groups -OCH3 is 1. The molecule has 106 valence electrons. The number of ether oxygens (including phenoxy) is 2. The first-order valence-electron chi connectivity index (χ1n) is 5.70. The van der Waals surface area contributed by atoms with Gasteiger partial charge in [0.1, 0.15) is 17.2 Å². The first kappa shape index (κ1) is 14.0. The normalized spacial score (nSPS) is 11.2. The maximum atomic E-state index is 12.9. The summed E-state index contributed by atoms with van der Waals surface area (Å²) >= 11 is 0. The average Bonchev–Trinajstić information content (AvgIpc) is 2.40. The van der Waals surface area contributed by atoms with E-state index in [1.807, 2.05) is 0 Å². The maximum absolute atomic E-state index is 12.9. The Bertz CT molecular complexity index is 612. The molecule has 0 unspecified atom stereocenters. The van der Waals surface area contributed by atoms with Gasteiger partial charge in [0.05, 0.1) is 12.7 Å². The van der Waals surface area contributed by atoms with Crippen molar-refractivity contribution in [3.63, 3.8) is 0 Å². The average molecular weight is 283 g/mol. The van der Waals surface area contributed by atoms with Gasteiger partial charge in [0.25, 0.3) is 0 Å². The summed E-state index contributed by atoms with van der Waals surface area (Å²) in [5, 5.41) is 0. The predicted molar refractivity (Wildman–Crippen MR) is 68.9 cm³/mol. The number of para-hydroxylation sites is 2. The minimum atomic E-state index is -4.50. The zero-order valence-corrected chi connectivity index (χ0v) is 10.6. The Labute approximate surface area is 113 Å². The van der Waals surface area contributed by atoms with Crippen LogP contribution >= 0.6 is 0 Å². The van der Waals surface area contributed by atoms with E-state index < -0.39 is 11.7 Å². The summed E-state index contributed by atoms with van der Waals surface area (Å²) in [5.74, 6) is 0.146. The standard InChI is InChI=1S/C14H12F3NO2/c1-19-11-7-4-8-12(13(11)18)20-10-6-3-2-5-9(10)14(15,16)17/h2-8H,18H2,1H3. The Morgan fingerprint density at radius 1 is 0.900 bits per heavy atom. The SMILES string of the molecule is COc1cccc(Oc2ccccc2C(F)(F)F)c1N. The first-order valence-corrected chi connectivity index (χ1v) is 5.70. The molecule has 0 heterocycles. The lowest BCUT2D eigenvalue weighted by molar-refractivity contribution is -0.138. The molecule has 0 fully saturated rings. The molecule has 0 atom stereocenters. The number of alkyl halides is 3. The maximum Gasteiger partial charge on any atom is 0.419 e. The molecule has 6 heteroatoms. The van der Waals surface area contributed by atoms with Crippen molar-refractivity contribution in [1.82, 2.24) is 0 Å². The van der Waals surface area contributed by atoms with Gasteiger partial charge in [0.2, 0.25) is 0 Å². The van der Waals surface area contributed by atoms with Gasteiger partial charge in [-0.3, -0.25) is 0 Å². The van der Waals surface area contributed by atoms with Crippen molar-refractivity contribution in [1.29, 1.82) is 0 Å². The number of hydrogen-bond acceptors (Lipinski definition) is 3. The quantitative estimate of drug-likeness (QED) is 0.863. The summed E-state index contributed by atoms with van der Waals surface area (Å²) in [5.41, 5.74) is 5.06. The third-order valence-electron chi connectivity index (χ3n) is 2.66. The lowest BCUT2D eigenvalue weighted by Crippen LogP contribution is -2.07. The number of nitrogens with two attached hydrogens (primary N) is 1. The van der Waals surface area contributed by atoms with Crippen LogP contribution < -0.4 is 15.2 Å². The van der Waals surface area contributed by atoms with Crippen LogP contribution in [0, 0.1) is 0 Å². The van der Waals surface area contributed by atoms with Crippen molar-refractivity contribution in [3.8, 4) is 17.2 Å². The second-order valence-corrected chi connectivity index (χ2v) is 3.97. The number of hydrogen-bond donors (Lipinski definition) is 1. The number of nitrogen functional groups attached to an aromatic ring is 1. The van der Waals surface area contributed by atoms with Crippen LogP contribution in [0.1, 0.15) is 5.56 Å². The molecule has 0 aliphatic heterocycles. The van der Waals surface area contributed by atoms with E-state index in [9.17, 15) is 13.2 Å². The van der Waals surface area contributed by atoms with Gasteiger partial charge in [0.15, 0.2) is 5.75 Å². The van der Waals surface area contributed by atoms with E-state index in [0.29, 0.717) is 5.75 Å². The molecule has 0 spiro atoms. The Balaban J connectivity index is 2.41. The van der Waals surface area contributed by atoms with E-state index >= 15 is 0 Å². The molecule has 2 rings (SSSR count). The highest BCUT2D eigenvalue weighted by molar-refractivity contribution is 5.63. The fraction of sp³-hybridized carbons (Fsp3) is 0.143. The number of halogens is 3. The van der Waals surface area contributed by atoms with Gasteiger partial charge in [-0.15, -0.1) is 0 Å². The summed E-state index contributed by atoms with van der Waals surface area (Å²) < 4.78 is 48.9. The Hall–Kier alpha value is -2.37. The molecule has 0 bridgehead atoms. The largest absolute Gasteiger partial charge is 0.494 e. The van der Waals surface area contributed by atoms with Crippen molar-refractivity contribution >= 4 is 5.69 Å². The van der Waals surface area contributed by atoms with E-state index in [2.05, 4.69) is 0 Å². The smallest absolute Gasteiger partial charge is 0.419 e. The van der Waals surface area contributed by atoms with Gasteiger partial charge in [-0.05, 0) is 24.3 Å². The fourth-order valence-electron chi connectivity index (χ4n) is 1.70. The third-order valence-corrected chi connectivity index (χ3v) is 2.66. The monoisotopic (exact) mass is 283 g/mol. The molecule has 0 aliphatic rings. The molecule has 20 heavy (non-hydrogen) atoms. The minimum absolute atomic E-state index is 0.112. The molecule has 0 aliphatic carbocycles. The molecule has 0 radical (unpaired) electrons. The highest BCUT2D eigenvalue weighted by Gasteiger charge is 2.34. The molecule has 0 saturated carbocycles. The van der Waals surface area contributed by atoms with Crippen LogP contribution in [0.3, 0.4) is 0 Å². The first-order chi connectivity index (χ1) is 9.43. The summed E-state index contributed by atoms with van der Waals surface area (Å²) in [4.78, 5) is 0. The number of anilines is 1. The van der Waals surface area contributed by atoms with Gasteiger partial charge in [-0.25, -0.2) is 0 Å². The lowest BCUT2D eigenvalue weighted by Gasteiger charge is -2.15. The van der Waals surface area contributed by atoms with E-state index in [1.54, 1.807) is 12.1 Å². The minimum Gasteiger partial charge on any atom is -0.494 e. The van der Waals surface area contributed by atoms with E-state index in [1.165, 1.54) is 31.4 Å². The molecule has 0 aromatic heterocycles. The van der Waals surface area contributed by atoms with Crippen LogP contribution in [0.15, 0.2) is 42.5 Å². The topological polar surface area (TPSA) is 44.5 Å². The fourth-order valence-corrected chi connectivity index (χ4v) is 1.70. The van der Waals surface area contributed by atoms with Crippen LogP contribution in [-0.2, 0) is 6.18 Å². The second kappa shape index (κ2) is 5.32. The van der Waals surface area contributed by atoms with Crippen LogP contribution in [0.5, 0.6) is 17.2 Å². The number of benzene rings is 2. The molecule has 2 aromatic rings. The molecular weight excluding hydrogens is 271 g/mol. The van der Waals surface area contributed by atoms with Gasteiger partial charge >= 0.3 is 6.18 Å². The second-order valence-electron chi connectivity index (χ2n) is 3.97. The van der Waals surface area contributed by atoms with Crippen LogP contribution in [0.4, 0.5) is 18.9 Å². The Morgan fingerprint density at radius 2 is 1.50 bits per heavy atom. The molecule has 2 N–H and O–H groups in total. The Kier molecular flexibility index (Phi) is 3.74. The zero-order chi connectivity index (χ0) is 14.8. The molecule has 3 nitrogen and oxygen atoms in total. The molecule has 2 aromatic carbocycles. The van der Waals surface area contributed by atoms with E-state index in [0.717, 1.165) is 6.07 Å². The van der Waals surface area contributed by atoms with Crippen molar-refractivity contribution in [2.24, 2.45) is 0 Å². The summed E-state index contributed by atoms with van der Waals surface area (Å²) in [7, 11) is 1.42. The van der Waals surface area contributed by atoms with Gasteiger partial charge in [0, 0.05) is 0 Å². The summed E-state index contributed by atoms with van der Waals surface area (Å²) in [6.07, 6.45) is -4.50. The molecule has 0 amide bonds. The third kappa shape index (κ3) is 2.79. The van der Waals surface area contributed by atoms with E-state index in [4.69, 9.17) is 15.2 Å². The van der Waals surface area contributed by atoms with Crippen molar-refractivity contribution < 1.29 is 22.6 Å². The summed E-state index contributed by atoms with van der Waals surface area (Å²) in [6, 6.07) is 9.60. The lowest BCUT2D eigenvalue weighted by atomic mass is 10.2. The molecule has 0 saturated heterocycles. The predicted octanol–water partition coefficient (Wildman–Crippen LogP) is 4.09. The highest BCUT2D eigenvalue weighted by atomic mass is 19.4. The van der Waals surface area contributed by atoms with Crippen molar-refractivity contribution in [2.45, 2.75) is 6.18 Å².